The molecule has 0 spiro atoms. The normalized spacial score (nSPS) is 14.6. The Morgan fingerprint density at radius 3 is 2.16 bits per heavy atom. The second kappa shape index (κ2) is 8.85. The molecule has 0 bridgehead atoms. The van der Waals surface area contributed by atoms with Gasteiger partial charge in [-0.25, -0.2) is 9.69 Å². The predicted molar refractivity (Wildman–Crippen MR) is 120 cm³/mol. The van der Waals surface area contributed by atoms with E-state index in [9.17, 15) is 14.4 Å². The Kier molecular flexibility index (Phi) is 5.82. The molecule has 3 aromatic carbocycles. The summed E-state index contributed by atoms with van der Waals surface area (Å²) in [6.45, 7) is -0.369. The van der Waals surface area contributed by atoms with Crippen LogP contribution in [0.2, 0.25) is 5.02 Å². The average Bonchev–Trinajstić information content (AvgIpc) is 3.03. The third kappa shape index (κ3) is 4.82. The van der Waals surface area contributed by atoms with Crippen LogP contribution in [-0.2, 0) is 9.59 Å². The van der Waals surface area contributed by atoms with Gasteiger partial charge >= 0.3 is 6.03 Å². The van der Waals surface area contributed by atoms with Gasteiger partial charge in [-0.1, -0.05) is 66.2 Å². The largest absolute Gasteiger partial charge is 0.329 e. The van der Waals surface area contributed by atoms with Gasteiger partial charge in [-0.2, -0.15) is 0 Å². The average molecular weight is 432 g/mol. The Bertz CT molecular complexity index is 1160. The lowest BCUT2D eigenvalue weighted by atomic mass is 10.0. The Morgan fingerprint density at radius 2 is 1.52 bits per heavy atom. The fraction of sp³-hybridized carbons (Fsp3) is 0.0417. The summed E-state index contributed by atoms with van der Waals surface area (Å²) in [5.41, 5.74) is 3.48. The molecule has 0 aliphatic carbocycles. The van der Waals surface area contributed by atoms with E-state index in [1.807, 2.05) is 54.6 Å². The maximum absolute atomic E-state index is 12.6. The summed E-state index contributed by atoms with van der Waals surface area (Å²) in [6, 6.07) is 23.2. The van der Waals surface area contributed by atoms with Crippen molar-refractivity contribution in [2.45, 2.75) is 0 Å². The molecule has 7 heteroatoms. The molecule has 0 atom stereocenters. The molecule has 154 valence electrons. The molecule has 4 rings (SSSR count). The number of anilines is 1. The summed E-state index contributed by atoms with van der Waals surface area (Å²) in [6.07, 6.45) is 1.58. The molecular formula is C24H18ClN3O3. The highest BCUT2D eigenvalue weighted by atomic mass is 35.5. The van der Waals surface area contributed by atoms with Crippen LogP contribution >= 0.6 is 11.6 Å². The molecular weight excluding hydrogens is 414 g/mol. The van der Waals surface area contributed by atoms with Crippen molar-refractivity contribution < 1.29 is 14.4 Å². The van der Waals surface area contributed by atoms with Crippen LogP contribution in [-0.4, -0.2) is 29.3 Å². The van der Waals surface area contributed by atoms with E-state index in [-0.39, 0.29) is 12.2 Å². The molecule has 0 unspecified atom stereocenters. The van der Waals surface area contributed by atoms with E-state index in [0.717, 1.165) is 21.6 Å². The highest BCUT2D eigenvalue weighted by Gasteiger charge is 2.34. The van der Waals surface area contributed by atoms with Crippen LogP contribution in [0.1, 0.15) is 5.56 Å². The highest BCUT2D eigenvalue weighted by molar-refractivity contribution is 6.30. The van der Waals surface area contributed by atoms with Crippen LogP contribution in [0.25, 0.3) is 17.2 Å². The van der Waals surface area contributed by atoms with Crippen LogP contribution < -0.4 is 10.6 Å². The number of nitrogens with zero attached hydrogens (tertiary/aromatic N) is 1. The molecule has 1 saturated heterocycles. The Labute approximate surface area is 184 Å². The quantitative estimate of drug-likeness (QED) is 0.460. The van der Waals surface area contributed by atoms with E-state index in [1.165, 1.54) is 0 Å². The van der Waals surface area contributed by atoms with Gasteiger partial charge < -0.3 is 10.6 Å². The standard InChI is InChI=1S/C24H18ClN3O3/c25-19-12-10-18(11-13-19)17-8-6-16(7-9-17)14-21-23(30)28(24(31)27-21)15-22(29)26-20-4-2-1-3-5-20/h1-14H,15H2,(H,26,29)(H,27,31). The number of imide groups is 1. The minimum atomic E-state index is -0.628. The van der Waals surface area contributed by atoms with Gasteiger partial charge in [-0.3, -0.25) is 9.59 Å². The topological polar surface area (TPSA) is 78.5 Å². The van der Waals surface area contributed by atoms with Gasteiger partial charge in [0.1, 0.15) is 12.2 Å². The SMILES string of the molecule is O=C(CN1C(=O)NC(=Cc2ccc(-c3ccc(Cl)cc3)cc2)C1=O)Nc1ccccc1. The lowest BCUT2D eigenvalue weighted by Gasteiger charge is -2.11. The highest BCUT2D eigenvalue weighted by Crippen LogP contribution is 2.23. The first kappa shape index (κ1) is 20.4. The molecule has 2 N–H and O–H groups in total. The number of carbonyl (C=O) groups is 3. The monoisotopic (exact) mass is 431 g/mol. The van der Waals surface area contributed by atoms with Gasteiger partial charge in [-0.15, -0.1) is 0 Å². The number of halogens is 1. The number of amides is 4. The number of para-hydroxylation sites is 1. The zero-order chi connectivity index (χ0) is 21.8. The number of benzene rings is 3. The van der Waals surface area contributed by atoms with E-state index in [1.54, 1.807) is 30.3 Å². The van der Waals surface area contributed by atoms with Crippen LogP contribution in [0.5, 0.6) is 0 Å². The number of hydrogen-bond donors (Lipinski definition) is 2. The molecule has 1 fully saturated rings. The van der Waals surface area contributed by atoms with E-state index < -0.39 is 17.8 Å². The lowest BCUT2D eigenvalue weighted by molar-refractivity contribution is -0.127. The molecule has 6 nitrogen and oxygen atoms in total. The Morgan fingerprint density at radius 1 is 0.903 bits per heavy atom. The molecule has 4 amide bonds. The van der Waals surface area contributed by atoms with Crippen LogP contribution in [0.15, 0.2) is 84.6 Å². The van der Waals surface area contributed by atoms with Gasteiger partial charge in [0.25, 0.3) is 5.91 Å². The maximum Gasteiger partial charge on any atom is 0.329 e. The third-order valence-corrected chi connectivity index (χ3v) is 4.97. The van der Waals surface area contributed by atoms with Gasteiger partial charge in [0.2, 0.25) is 5.91 Å². The van der Waals surface area contributed by atoms with Crippen molar-refractivity contribution >= 4 is 41.2 Å². The first-order chi connectivity index (χ1) is 15.0. The number of urea groups is 1. The molecule has 0 saturated carbocycles. The number of nitrogens with one attached hydrogen (secondary N) is 2. The second-order valence-electron chi connectivity index (χ2n) is 6.92. The third-order valence-electron chi connectivity index (χ3n) is 4.72. The maximum atomic E-state index is 12.6. The van der Waals surface area contributed by atoms with Gasteiger partial charge in [-0.05, 0) is 47.0 Å². The van der Waals surface area contributed by atoms with Crippen molar-refractivity contribution in [3.63, 3.8) is 0 Å². The number of hydrogen-bond acceptors (Lipinski definition) is 3. The van der Waals surface area contributed by atoms with Crippen molar-refractivity contribution in [2.24, 2.45) is 0 Å². The second-order valence-corrected chi connectivity index (χ2v) is 7.36. The minimum Gasteiger partial charge on any atom is -0.325 e. The minimum absolute atomic E-state index is 0.122. The number of carbonyl (C=O) groups excluding carboxylic acids is 3. The summed E-state index contributed by atoms with van der Waals surface area (Å²) in [5, 5.41) is 5.86. The smallest absolute Gasteiger partial charge is 0.325 e. The van der Waals surface area contributed by atoms with Crippen molar-refractivity contribution in [3.05, 3.63) is 95.1 Å². The van der Waals surface area contributed by atoms with Crippen LogP contribution in [0.3, 0.4) is 0 Å². The number of rotatable bonds is 5. The molecule has 3 aromatic rings. The van der Waals surface area contributed by atoms with Crippen molar-refractivity contribution in [2.75, 3.05) is 11.9 Å². The van der Waals surface area contributed by atoms with Gasteiger partial charge in [0, 0.05) is 10.7 Å². The van der Waals surface area contributed by atoms with Gasteiger partial charge in [0.15, 0.2) is 0 Å². The zero-order valence-electron chi connectivity index (χ0n) is 16.3. The molecule has 1 heterocycles. The molecule has 1 aliphatic rings. The zero-order valence-corrected chi connectivity index (χ0v) is 17.1. The van der Waals surface area contributed by atoms with E-state index in [0.29, 0.717) is 10.7 Å². The summed E-state index contributed by atoms with van der Waals surface area (Å²) >= 11 is 5.93. The molecule has 31 heavy (non-hydrogen) atoms. The van der Waals surface area contributed by atoms with E-state index in [4.69, 9.17) is 11.6 Å². The Balaban J connectivity index is 1.44. The summed E-state index contributed by atoms with van der Waals surface area (Å²) in [7, 11) is 0. The van der Waals surface area contributed by atoms with Crippen LogP contribution in [0.4, 0.5) is 10.5 Å². The van der Waals surface area contributed by atoms with E-state index in [2.05, 4.69) is 10.6 Å². The summed E-state index contributed by atoms with van der Waals surface area (Å²) in [4.78, 5) is 37.9. The molecule has 1 aliphatic heterocycles. The summed E-state index contributed by atoms with van der Waals surface area (Å²) in [5.74, 6) is -1.00. The molecule has 0 radical (unpaired) electrons. The fourth-order valence-corrected chi connectivity index (χ4v) is 3.29. The van der Waals surface area contributed by atoms with Crippen molar-refractivity contribution in [1.82, 2.24) is 10.2 Å². The lowest BCUT2D eigenvalue weighted by Crippen LogP contribution is -2.38. The van der Waals surface area contributed by atoms with Crippen molar-refractivity contribution in [1.29, 1.82) is 0 Å². The predicted octanol–water partition coefficient (Wildman–Crippen LogP) is 4.54. The first-order valence-corrected chi connectivity index (χ1v) is 9.93. The van der Waals surface area contributed by atoms with Crippen molar-refractivity contribution in [3.8, 4) is 11.1 Å². The van der Waals surface area contributed by atoms with E-state index >= 15 is 0 Å². The molecule has 0 aromatic heterocycles. The fourth-order valence-electron chi connectivity index (χ4n) is 3.16. The Hall–Kier alpha value is -3.90. The van der Waals surface area contributed by atoms with Gasteiger partial charge in [0.05, 0.1) is 0 Å². The summed E-state index contributed by atoms with van der Waals surface area (Å²) < 4.78 is 0. The first-order valence-electron chi connectivity index (χ1n) is 9.55. The van der Waals surface area contributed by atoms with Crippen LogP contribution in [0, 0.1) is 0 Å².